The second-order valence-corrected chi connectivity index (χ2v) is 5.31. The monoisotopic (exact) mass is 319 g/mol. The number of pyridine rings is 1. The van der Waals surface area contributed by atoms with Crippen LogP contribution in [0.2, 0.25) is 0 Å². The molecule has 0 aliphatic carbocycles. The first-order valence-electron chi connectivity index (χ1n) is 5.49. The highest BCUT2D eigenvalue weighted by Crippen LogP contribution is 2.22. The summed E-state index contributed by atoms with van der Waals surface area (Å²) in [5.41, 5.74) is 3.98. The molecule has 0 unspecified atom stereocenters. The number of aromatic amines is 1. The number of nitrogens with zero attached hydrogens (tertiary/aromatic N) is 2. The van der Waals surface area contributed by atoms with Crippen molar-refractivity contribution in [2.24, 2.45) is 0 Å². The smallest absolute Gasteiger partial charge is 0.183 e. The zero-order chi connectivity index (χ0) is 12.7. The number of fused-ring (bicyclic) bond motifs is 1. The van der Waals surface area contributed by atoms with Crippen LogP contribution < -0.4 is 0 Å². The Labute approximate surface area is 118 Å². The van der Waals surface area contributed by atoms with Crippen molar-refractivity contribution in [3.8, 4) is 5.69 Å². The van der Waals surface area contributed by atoms with Crippen LogP contribution >= 0.6 is 28.1 Å². The molecule has 1 aromatic carbocycles. The first-order chi connectivity index (χ1) is 8.66. The topological polar surface area (TPSA) is 33.6 Å². The molecule has 0 saturated carbocycles. The lowest BCUT2D eigenvalue weighted by Crippen LogP contribution is -1.96. The van der Waals surface area contributed by atoms with Crippen LogP contribution in [0.3, 0.4) is 0 Å². The van der Waals surface area contributed by atoms with Crippen molar-refractivity contribution in [3.63, 3.8) is 0 Å². The first-order valence-corrected chi connectivity index (χ1v) is 6.69. The van der Waals surface area contributed by atoms with Crippen molar-refractivity contribution in [1.82, 2.24) is 14.5 Å². The molecule has 0 saturated heterocycles. The first kappa shape index (κ1) is 11.6. The second kappa shape index (κ2) is 4.33. The minimum Gasteiger partial charge on any atom is -0.329 e. The minimum absolute atomic E-state index is 0.658. The predicted octanol–water partition coefficient (Wildman–Crippen LogP) is 4.15. The summed E-state index contributed by atoms with van der Waals surface area (Å²) in [6, 6.07) is 10.00. The van der Waals surface area contributed by atoms with Gasteiger partial charge in [-0.2, -0.15) is 0 Å². The standard InChI is InChI=1S/C13H10BrN3S/c1-8-7-9(4-5-10(8)14)17-12-11(16-13(17)18)3-2-6-15-12/h2-7H,1H3,(H,16,18). The summed E-state index contributed by atoms with van der Waals surface area (Å²) in [5, 5.41) is 0. The molecule has 2 aromatic heterocycles. The fourth-order valence-corrected chi connectivity index (χ4v) is 2.50. The van der Waals surface area contributed by atoms with Crippen LogP contribution in [0, 0.1) is 11.7 Å². The van der Waals surface area contributed by atoms with Crippen molar-refractivity contribution in [2.75, 3.05) is 0 Å². The number of halogens is 1. The van der Waals surface area contributed by atoms with Gasteiger partial charge in [-0.25, -0.2) is 4.98 Å². The Morgan fingerprint density at radius 3 is 2.94 bits per heavy atom. The van der Waals surface area contributed by atoms with Gasteiger partial charge >= 0.3 is 0 Å². The van der Waals surface area contributed by atoms with E-state index in [1.54, 1.807) is 6.20 Å². The number of hydrogen-bond acceptors (Lipinski definition) is 2. The highest BCUT2D eigenvalue weighted by Gasteiger charge is 2.07. The average molecular weight is 320 g/mol. The van der Waals surface area contributed by atoms with Gasteiger partial charge in [-0.1, -0.05) is 15.9 Å². The van der Waals surface area contributed by atoms with Gasteiger partial charge < -0.3 is 4.98 Å². The number of imidazole rings is 1. The van der Waals surface area contributed by atoms with E-state index in [4.69, 9.17) is 12.2 Å². The molecule has 0 amide bonds. The number of H-pyrrole nitrogens is 1. The van der Waals surface area contributed by atoms with Crippen LogP contribution in [0.5, 0.6) is 0 Å². The van der Waals surface area contributed by atoms with Crippen LogP contribution in [-0.2, 0) is 0 Å². The van der Waals surface area contributed by atoms with Gasteiger partial charge in [0.2, 0.25) is 0 Å². The third kappa shape index (κ3) is 1.79. The Hall–Kier alpha value is -1.46. The van der Waals surface area contributed by atoms with Crippen molar-refractivity contribution < 1.29 is 0 Å². The maximum Gasteiger partial charge on any atom is 0.183 e. The molecule has 3 nitrogen and oxygen atoms in total. The van der Waals surface area contributed by atoms with Gasteiger partial charge in [0.05, 0.1) is 11.2 Å². The Bertz CT molecular complexity index is 788. The minimum atomic E-state index is 0.658. The van der Waals surface area contributed by atoms with Crippen molar-refractivity contribution in [1.29, 1.82) is 0 Å². The molecule has 0 fully saturated rings. The van der Waals surface area contributed by atoms with Gasteiger partial charge in [0, 0.05) is 10.7 Å². The van der Waals surface area contributed by atoms with Gasteiger partial charge in [-0.15, -0.1) is 0 Å². The number of benzene rings is 1. The highest BCUT2D eigenvalue weighted by atomic mass is 79.9. The van der Waals surface area contributed by atoms with Crippen LogP contribution in [0.25, 0.3) is 16.9 Å². The summed E-state index contributed by atoms with van der Waals surface area (Å²) < 4.78 is 3.69. The summed E-state index contributed by atoms with van der Waals surface area (Å²) in [6.07, 6.45) is 1.77. The maximum atomic E-state index is 5.37. The van der Waals surface area contributed by atoms with E-state index in [9.17, 15) is 0 Å². The van der Waals surface area contributed by atoms with Gasteiger partial charge in [0.1, 0.15) is 0 Å². The number of rotatable bonds is 1. The Morgan fingerprint density at radius 1 is 1.33 bits per heavy atom. The van der Waals surface area contributed by atoms with Crippen molar-refractivity contribution in [3.05, 3.63) is 51.3 Å². The zero-order valence-corrected chi connectivity index (χ0v) is 12.0. The van der Waals surface area contributed by atoms with Gasteiger partial charge in [0.25, 0.3) is 0 Å². The number of aryl methyl sites for hydroxylation is 1. The highest BCUT2D eigenvalue weighted by molar-refractivity contribution is 9.10. The SMILES string of the molecule is Cc1cc(-n2c(=S)[nH]c3cccnc32)ccc1Br. The van der Waals surface area contributed by atoms with E-state index in [-0.39, 0.29) is 0 Å². The Kier molecular flexibility index (Phi) is 2.80. The number of nitrogens with one attached hydrogen (secondary N) is 1. The molecule has 0 bridgehead atoms. The number of aromatic nitrogens is 3. The molecule has 2 heterocycles. The van der Waals surface area contributed by atoms with E-state index >= 15 is 0 Å². The van der Waals surface area contributed by atoms with Gasteiger partial charge in [-0.3, -0.25) is 4.57 Å². The summed E-state index contributed by atoms with van der Waals surface area (Å²) in [6.45, 7) is 2.06. The van der Waals surface area contributed by atoms with Crippen LogP contribution in [0.15, 0.2) is 41.0 Å². The molecule has 3 rings (SSSR count). The van der Waals surface area contributed by atoms with E-state index < -0.39 is 0 Å². The fraction of sp³-hybridized carbons (Fsp3) is 0.0769. The molecule has 0 aliphatic heterocycles. The van der Waals surface area contributed by atoms with Gasteiger partial charge in [-0.05, 0) is 55.0 Å². The molecule has 5 heteroatoms. The lowest BCUT2D eigenvalue weighted by molar-refractivity contribution is 1.04. The molecule has 18 heavy (non-hydrogen) atoms. The largest absolute Gasteiger partial charge is 0.329 e. The normalized spacial score (nSPS) is 11.0. The van der Waals surface area contributed by atoms with Crippen molar-refractivity contribution >= 4 is 39.3 Å². The maximum absolute atomic E-state index is 5.37. The van der Waals surface area contributed by atoms with E-state index in [1.165, 1.54) is 5.56 Å². The predicted molar refractivity (Wildman–Crippen MR) is 78.7 cm³/mol. The average Bonchev–Trinajstić information content (AvgIpc) is 2.69. The van der Waals surface area contributed by atoms with Crippen LogP contribution in [-0.4, -0.2) is 14.5 Å². The molecule has 1 N–H and O–H groups in total. The molecule has 0 aliphatic rings. The Balaban J connectivity index is 2.34. The lowest BCUT2D eigenvalue weighted by Gasteiger charge is -2.06. The number of hydrogen-bond donors (Lipinski definition) is 1. The van der Waals surface area contributed by atoms with E-state index in [1.807, 2.05) is 28.8 Å². The molecule has 0 atom stereocenters. The third-order valence-corrected chi connectivity index (χ3v) is 4.02. The molecular formula is C13H10BrN3S. The second-order valence-electron chi connectivity index (χ2n) is 4.07. The Morgan fingerprint density at radius 2 is 2.17 bits per heavy atom. The summed E-state index contributed by atoms with van der Waals surface area (Å²) in [7, 11) is 0. The van der Waals surface area contributed by atoms with Crippen molar-refractivity contribution in [2.45, 2.75) is 6.92 Å². The fourth-order valence-electron chi connectivity index (χ4n) is 1.95. The molecular weight excluding hydrogens is 310 g/mol. The molecule has 3 aromatic rings. The molecule has 0 radical (unpaired) electrons. The summed E-state index contributed by atoms with van der Waals surface area (Å²) in [4.78, 5) is 7.55. The molecule has 0 spiro atoms. The van der Waals surface area contributed by atoms with E-state index in [2.05, 4.69) is 38.9 Å². The third-order valence-electron chi connectivity index (χ3n) is 2.84. The van der Waals surface area contributed by atoms with Gasteiger partial charge in [0.15, 0.2) is 10.4 Å². The summed E-state index contributed by atoms with van der Waals surface area (Å²) >= 11 is 8.87. The van der Waals surface area contributed by atoms with E-state index in [0.29, 0.717) is 4.77 Å². The lowest BCUT2D eigenvalue weighted by atomic mass is 10.2. The zero-order valence-electron chi connectivity index (χ0n) is 9.64. The summed E-state index contributed by atoms with van der Waals surface area (Å²) in [5.74, 6) is 0. The molecule has 90 valence electrons. The quantitative estimate of drug-likeness (QED) is 0.683. The van der Waals surface area contributed by atoms with E-state index in [0.717, 1.165) is 21.3 Å². The van der Waals surface area contributed by atoms with Crippen LogP contribution in [0.4, 0.5) is 0 Å². The van der Waals surface area contributed by atoms with Crippen LogP contribution in [0.1, 0.15) is 5.56 Å².